The monoisotopic (exact) mass is 494 g/mol. The van der Waals surface area contributed by atoms with Gasteiger partial charge in [-0.2, -0.15) is 0 Å². The Morgan fingerprint density at radius 1 is 0.914 bits per heavy atom. The third-order valence-electron chi connectivity index (χ3n) is 5.01. The maximum atomic E-state index is 13.1. The number of fused-ring (bicyclic) bond motifs is 1. The summed E-state index contributed by atoms with van der Waals surface area (Å²) >= 11 is 0. The molecule has 4 rings (SSSR count). The summed E-state index contributed by atoms with van der Waals surface area (Å²) in [6, 6.07) is 16.5. The van der Waals surface area contributed by atoms with Crippen LogP contribution in [0.1, 0.15) is 31.9 Å². The highest BCUT2D eigenvalue weighted by Crippen LogP contribution is 2.29. The Labute approximate surface area is 203 Å². The molecule has 1 N–H and O–H groups in total. The zero-order chi connectivity index (χ0) is 25.4. The second-order valence-electron chi connectivity index (χ2n) is 9.05. The van der Waals surface area contributed by atoms with Crippen LogP contribution < -0.4 is 9.46 Å². The largest absolute Gasteiger partial charge is 0.514 e. The van der Waals surface area contributed by atoms with Crippen molar-refractivity contribution in [2.45, 2.75) is 45.1 Å². The molecule has 10 heteroatoms. The molecule has 0 spiro atoms. The number of ether oxygens (including phenoxy) is 2. The van der Waals surface area contributed by atoms with Gasteiger partial charge in [-0.05, 0) is 76.1 Å². The molecule has 0 aliphatic rings. The fraction of sp³-hybridized carbons (Fsp3) is 0.240. The molecular weight excluding hydrogens is 468 g/mol. The van der Waals surface area contributed by atoms with Crippen LogP contribution in [0.3, 0.4) is 0 Å². The van der Waals surface area contributed by atoms with Gasteiger partial charge < -0.3 is 9.47 Å². The second-order valence-corrected chi connectivity index (χ2v) is 10.7. The van der Waals surface area contributed by atoms with E-state index in [2.05, 4.69) is 14.9 Å². The standard InChI is InChI=1S/C25H26N4O5S/c1-16-11-12-17(2)23-22(16)26-29(27-23)20-15-19(35(31,32)28-18-9-7-6-8-10-18)13-14-21(20)33-24(30)34-25(3,4)5/h6-15,28H,1-5H3. The maximum absolute atomic E-state index is 13.1. The Balaban J connectivity index is 1.82. The summed E-state index contributed by atoms with van der Waals surface area (Å²) in [7, 11) is -3.95. The van der Waals surface area contributed by atoms with Crippen LogP contribution in [-0.4, -0.2) is 35.2 Å². The minimum atomic E-state index is -3.95. The molecule has 182 valence electrons. The van der Waals surface area contributed by atoms with Crippen molar-refractivity contribution >= 4 is 32.9 Å². The molecule has 35 heavy (non-hydrogen) atoms. The zero-order valence-electron chi connectivity index (χ0n) is 20.1. The van der Waals surface area contributed by atoms with E-state index >= 15 is 0 Å². The number of anilines is 1. The van der Waals surface area contributed by atoms with Crippen LogP contribution in [0.25, 0.3) is 16.7 Å². The third-order valence-corrected chi connectivity index (χ3v) is 6.39. The first-order valence-corrected chi connectivity index (χ1v) is 12.4. The Kier molecular flexibility index (Phi) is 6.25. The number of aryl methyl sites for hydroxylation is 2. The molecule has 0 aliphatic heterocycles. The maximum Gasteiger partial charge on any atom is 0.514 e. The number of carbonyl (C=O) groups excluding carboxylic acids is 1. The summed E-state index contributed by atoms with van der Waals surface area (Å²) in [6.07, 6.45) is -0.930. The van der Waals surface area contributed by atoms with Crippen molar-refractivity contribution in [2.75, 3.05) is 4.72 Å². The molecule has 0 aliphatic carbocycles. The molecular formula is C25H26N4O5S. The van der Waals surface area contributed by atoms with Crippen molar-refractivity contribution in [3.05, 3.63) is 71.8 Å². The third kappa shape index (κ3) is 5.43. The minimum absolute atomic E-state index is 0.0496. The van der Waals surface area contributed by atoms with Crippen molar-refractivity contribution < 1.29 is 22.7 Å². The van der Waals surface area contributed by atoms with Gasteiger partial charge >= 0.3 is 6.16 Å². The van der Waals surface area contributed by atoms with Crippen LogP contribution in [0, 0.1) is 13.8 Å². The predicted molar refractivity (Wildman–Crippen MR) is 132 cm³/mol. The Morgan fingerprint density at radius 3 is 2.09 bits per heavy atom. The normalized spacial score (nSPS) is 11.9. The first-order valence-electron chi connectivity index (χ1n) is 10.9. The Morgan fingerprint density at radius 2 is 1.51 bits per heavy atom. The highest BCUT2D eigenvalue weighted by atomic mass is 32.2. The van der Waals surface area contributed by atoms with E-state index in [1.165, 1.54) is 23.0 Å². The molecule has 3 aromatic carbocycles. The first-order chi connectivity index (χ1) is 16.4. The van der Waals surface area contributed by atoms with Crippen LogP contribution >= 0.6 is 0 Å². The number of para-hydroxylation sites is 1. The number of nitrogens with zero attached hydrogens (tertiary/aromatic N) is 3. The van der Waals surface area contributed by atoms with Gasteiger partial charge in [-0.1, -0.05) is 30.3 Å². The number of hydrogen-bond donors (Lipinski definition) is 1. The van der Waals surface area contributed by atoms with Crippen LogP contribution in [0.15, 0.2) is 65.6 Å². The Hall–Kier alpha value is -3.92. The van der Waals surface area contributed by atoms with Gasteiger partial charge in [0, 0.05) is 5.69 Å². The molecule has 0 saturated heterocycles. The number of nitrogens with one attached hydrogen (secondary N) is 1. The lowest BCUT2D eigenvalue weighted by Crippen LogP contribution is -2.26. The number of carbonyl (C=O) groups is 1. The van der Waals surface area contributed by atoms with E-state index in [1.54, 1.807) is 51.1 Å². The summed E-state index contributed by atoms with van der Waals surface area (Å²) in [5, 5.41) is 9.10. The van der Waals surface area contributed by atoms with Gasteiger partial charge in [0.1, 0.15) is 22.3 Å². The number of sulfonamides is 1. The van der Waals surface area contributed by atoms with Crippen molar-refractivity contribution in [3.63, 3.8) is 0 Å². The summed E-state index contributed by atoms with van der Waals surface area (Å²) < 4.78 is 39.4. The van der Waals surface area contributed by atoms with Crippen LogP contribution in [0.2, 0.25) is 0 Å². The number of aromatic nitrogens is 3. The molecule has 0 unspecified atom stereocenters. The fourth-order valence-corrected chi connectivity index (χ4v) is 4.42. The van der Waals surface area contributed by atoms with Gasteiger partial charge in [0.05, 0.1) is 4.90 Å². The van der Waals surface area contributed by atoms with E-state index in [1.807, 2.05) is 26.0 Å². The van der Waals surface area contributed by atoms with E-state index in [9.17, 15) is 13.2 Å². The zero-order valence-corrected chi connectivity index (χ0v) is 20.9. The van der Waals surface area contributed by atoms with E-state index in [-0.39, 0.29) is 16.3 Å². The smallest absolute Gasteiger partial charge is 0.428 e. The lowest BCUT2D eigenvalue weighted by atomic mass is 10.1. The summed E-state index contributed by atoms with van der Waals surface area (Å²) in [4.78, 5) is 13.6. The van der Waals surface area contributed by atoms with Crippen LogP contribution in [-0.2, 0) is 14.8 Å². The second kappa shape index (κ2) is 9.03. The highest BCUT2D eigenvalue weighted by molar-refractivity contribution is 7.92. The van der Waals surface area contributed by atoms with Crippen LogP contribution in [0.4, 0.5) is 10.5 Å². The van der Waals surface area contributed by atoms with Gasteiger partial charge in [0.15, 0.2) is 5.75 Å². The van der Waals surface area contributed by atoms with Crippen molar-refractivity contribution in [1.29, 1.82) is 0 Å². The molecule has 0 saturated carbocycles. The SMILES string of the molecule is Cc1ccc(C)c2nn(-c3cc(S(=O)(=O)Nc4ccccc4)ccc3OC(=O)OC(C)(C)C)nc12. The molecule has 0 bridgehead atoms. The Bertz CT molecular complexity index is 1470. The van der Waals surface area contributed by atoms with Gasteiger partial charge in [-0.25, -0.2) is 13.2 Å². The average Bonchev–Trinajstić information content (AvgIpc) is 3.22. The highest BCUT2D eigenvalue weighted by Gasteiger charge is 2.23. The molecule has 0 radical (unpaired) electrons. The topological polar surface area (TPSA) is 112 Å². The average molecular weight is 495 g/mol. The lowest BCUT2D eigenvalue weighted by molar-refractivity contribution is 0.0205. The minimum Gasteiger partial charge on any atom is -0.428 e. The molecule has 4 aromatic rings. The summed E-state index contributed by atoms with van der Waals surface area (Å²) in [5.74, 6) is 0.0496. The van der Waals surface area contributed by atoms with Gasteiger partial charge in [-0.3, -0.25) is 4.72 Å². The summed E-state index contributed by atoms with van der Waals surface area (Å²) in [6.45, 7) is 8.96. The quantitative estimate of drug-likeness (QED) is 0.301. The van der Waals surface area contributed by atoms with Crippen molar-refractivity contribution in [1.82, 2.24) is 15.0 Å². The van der Waals surface area contributed by atoms with E-state index in [4.69, 9.17) is 9.47 Å². The van der Waals surface area contributed by atoms with E-state index in [0.29, 0.717) is 16.7 Å². The van der Waals surface area contributed by atoms with E-state index < -0.39 is 21.8 Å². The van der Waals surface area contributed by atoms with Gasteiger partial charge in [-0.15, -0.1) is 15.0 Å². The van der Waals surface area contributed by atoms with Gasteiger partial charge in [0.25, 0.3) is 10.0 Å². The van der Waals surface area contributed by atoms with E-state index in [0.717, 1.165) is 11.1 Å². The predicted octanol–water partition coefficient (Wildman–Crippen LogP) is 5.15. The summed E-state index contributed by atoms with van der Waals surface area (Å²) in [5.41, 5.74) is 2.93. The molecule has 1 heterocycles. The molecule has 0 amide bonds. The number of hydrogen-bond acceptors (Lipinski definition) is 7. The first kappa shape index (κ1) is 24.2. The molecule has 1 aromatic heterocycles. The van der Waals surface area contributed by atoms with Crippen molar-refractivity contribution in [3.8, 4) is 11.4 Å². The fourth-order valence-electron chi connectivity index (χ4n) is 3.34. The molecule has 9 nitrogen and oxygen atoms in total. The van der Waals surface area contributed by atoms with Crippen LogP contribution in [0.5, 0.6) is 5.75 Å². The number of benzene rings is 3. The lowest BCUT2D eigenvalue weighted by Gasteiger charge is -2.19. The number of rotatable bonds is 5. The molecule has 0 atom stereocenters. The van der Waals surface area contributed by atoms with Crippen molar-refractivity contribution in [2.24, 2.45) is 0 Å². The van der Waals surface area contributed by atoms with Gasteiger partial charge in [0.2, 0.25) is 0 Å². The molecule has 0 fully saturated rings.